The molecule has 29 heavy (non-hydrogen) atoms. The van der Waals surface area contributed by atoms with Crippen molar-refractivity contribution in [1.29, 1.82) is 15.8 Å². The summed E-state index contributed by atoms with van der Waals surface area (Å²) in [7, 11) is 4.02. The maximum absolute atomic E-state index is 9.61. The summed E-state index contributed by atoms with van der Waals surface area (Å²) in [6.45, 7) is 3.62. The van der Waals surface area contributed by atoms with E-state index in [2.05, 4.69) is 41.3 Å². The predicted octanol–water partition coefficient (Wildman–Crippen LogP) is 4.85. The van der Waals surface area contributed by atoms with Gasteiger partial charge in [0.05, 0.1) is 0 Å². The van der Waals surface area contributed by atoms with E-state index in [0.29, 0.717) is 5.57 Å². The van der Waals surface area contributed by atoms with Gasteiger partial charge in [-0.15, -0.1) is 0 Å². The highest BCUT2D eigenvalue weighted by atomic mass is 16.5. The molecule has 3 rings (SSSR count). The molecule has 0 fully saturated rings. The SMILES string of the molecule is CN(C)c1ccc2cc(/C=C/C3=C(C#N)C(=C(C#N)C#N)OC3(C)C)ccc2c1. The van der Waals surface area contributed by atoms with Gasteiger partial charge in [0.2, 0.25) is 0 Å². The van der Waals surface area contributed by atoms with E-state index in [1.807, 2.05) is 46.2 Å². The average Bonchev–Trinajstić information content (AvgIpc) is 2.96. The van der Waals surface area contributed by atoms with Crippen LogP contribution < -0.4 is 4.90 Å². The Morgan fingerprint density at radius 1 is 0.966 bits per heavy atom. The van der Waals surface area contributed by atoms with Crippen LogP contribution in [0.5, 0.6) is 0 Å². The highest BCUT2D eigenvalue weighted by Gasteiger charge is 2.38. The van der Waals surface area contributed by atoms with Crippen molar-refractivity contribution in [3.8, 4) is 18.2 Å². The maximum atomic E-state index is 9.61. The van der Waals surface area contributed by atoms with E-state index in [-0.39, 0.29) is 16.9 Å². The number of fused-ring (bicyclic) bond motifs is 1. The molecule has 1 aliphatic heterocycles. The topological polar surface area (TPSA) is 83.8 Å². The summed E-state index contributed by atoms with van der Waals surface area (Å²) in [6.07, 6.45) is 3.74. The minimum atomic E-state index is -0.812. The van der Waals surface area contributed by atoms with E-state index in [9.17, 15) is 5.26 Å². The van der Waals surface area contributed by atoms with E-state index in [0.717, 1.165) is 22.0 Å². The molecule has 0 spiro atoms. The molecule has 2 aromatic carbocycles. The van der Waals surface area contributed by atoms with Gasteiger partial charge in [-0.2, -0.15) is 15.8 Å². The first-order valence-electron chi connectivity index (χ1n) is 9.08. The molecule has 0 radical (unpaired) electrons. The second-order valence-corrected chi connectivity index (χ2v) is 7.46. The zero-order valence-corrected chi connectivity index (χ0v) is 16.8. The molecule has 0 aliphatic carbocycles. The van der Waals surface area contributed by atoms with Crippen LogP contribution in [-0.4, -0.2) is 19.7 Å². The number of allylic oxidation sites excluding steroid dienone is 2. The number of nitrogens with zero attached hydrogens (tertiary/aromatic N) is 4. The van der Waals surface area contributed by atoms with Crippen LogP contribution in [0.1, 0.15) is 19.4 Å². The van der Waals surface area contributed by atoms with Crippen molar-refractivity contribution >= 4 is 22.5 Å². The molecule has 5 heteroatoms. The highest BCUT2D eigenvalue weighted by Crippen LogP contribution is 2.40. The first-order chi connectivity index (χ1) is 13.8. The van der Waals surface area contributed by atoms with E-state index in [4.69, 9.17) is 15.3 Å². The Bertz CT molecular complexity index is 1190. The molecule has 0 unspecified atom stereocenters. The number of anilines is 1. The summed E-state index contributed by atoms with van der Waals surface area (Å²) in [5.41, 5.74) is 1.98. The third-order valence-electron chi connectivity index (χ3n) is 4.87. The molecule has 0 amide bonds. The first-order valence-corrected chi connectivity index (χ1v) is 9.08. The van der Waals surface area contributed by atoms with Crippen molar-refractivity contribution in [3.63, 3.8) is 0 Å². The molecule has 0 bridgehead atoms. The third kappa shape index (κ3) is 3.70. The van der Waals surface area contributed by atoms with Crippen LogP contribution in [0.25, 0.3) is 16.8 Å². The van der Waals surface area contributed by atoms with Crippen LogP contribution in [0.2, 0.25) is 0 Å². The van der Waals surface area contributed by atoms with Gasteiger partial charge >= 0.3 is 0 Å². The lowest BCUT2D eigenvalue weighted by atomic mass is 9.94. The number of hydrogen-bond donors (Lipinski definition) is 0. The van der Waals surface area contributed by atoms with E-state index in [1.54, 1.807) is 12.1 Å². The Morgan fingerprint density at radius 3 is 2.24 bits per heavy atom. The fourth-order valence-electron chi connectivity index (χ4n) is 3.30. The van der Waals surface area contributed by atoms with Gasteiger partial charge in [0.25, 0.3) is 0 Å². The van der Waals surface area contributed by atoms with Gasteiger partial charge in [-0.05, 0) is 48.4 Å². The Labute approximate surface area is 170 Å². The van der Waals surface area contributed by atoms with Crippen LogP contribution in [0.4, 0.5) is 5.69 Å². The Hall–Kier alpha value is -4.01. The van der Waals surface area contributed by atoms with Crippen LogP contribution in [0.3, 0.4) is 0 Å². The van der Waals surface area contributed by atoms with Gasteiger partial charge in [-0.1, -0.05) is 30.4 Å². The summed E-state index contributed by atoms with van der Waals surface area (Å²) < 4.78 is 5.79. The van der Waals surface area contributed by atoms with Crippen molar-refractivity contribution in [1.82, 2.24) is 0 Å². The normalized spacial score (nSPS) is 15.0. The van der Waals surface area contributed by atoms with Crippen molar-refractivity contribution < 1.29 is 4.74 Å². The van der Waals surface area contributed by atoms with Gasteiger partial charge in [0.15, 0.2) is 11.3 Å². The molecule has 2 aromatic rings. The lowest BCUT2D eigenvalue weighted by Gasteiger charge is -2.20. The maximum Gasteiger partial charge on any atom is 0.172 e. The molecule has 0 N–H and O–H groups in total. The molecule has 0 saturated carbocycles. The average molecular weight is 380 g/mol. The number of nitriles is 3. The van der Waals surface area contributed by atoms with Crippen LogP contribution in [0, 0.1) is 34.0 Å². The van der Waals surface area contributed by atoms with Gasteiger partial charge < -0.3 is 9.64 Å². The van der Waals surface area contributed by atoms with Crippen molar-refractivity contribution in [2.24, 2.45) is 0 Å². The molecule has 1 aliphatic rings. The number of hydrogen-bond acceptors (Lipinski definition) is 5. The minimum Gasteiger partial charge on any atom is -0.480 e. The molecule has 0 saturated heterocycles. The largest absolute Gasteiger partial charge is 0.480 e. The van der Waals surface area contributed by atoms with Crippen molar-refractivity contribution in [3.05, 3.63) is 70.5 Å². The number of benzene rings is 2. The first kappa shape index (κ1) is 19.7. The van der Waals surface area contributed by atoms with E-state index < -0.39 is 5.60 Å². The Kier molecular flexibility index (Phi) is 5.14. The summed E-state index contributed by atoms with van der Waals surface area (Å²) in [6, 6.07) is 18.1. The Morgan fingerprint density at radius 2 is 1.62 bits per heavy atom. The molecule has 0 aromatic heterocycles. The van der Waals surface area contributed by atoms with Crippen LogP contribution >= 0.6 is 0 Å². The highest BCUT2D eigenvalue weighted by molar-refractivity contribution is 5.88. The predicted molar refractivity (Wildman–Crippen MR) is 113 cm³/mol. The summed E-state index contributed by atoms with van der Waals surface area (Å²) >= 11 is 0. The third-order valence-corrected chi connectivity index (χ3v) is 4.87. The molecular formula is C24H20N4O. The number of ether oxygens (including phenoxy) is 1. The molecule has 142 valence electrons. The van der Waals surface area contributed by atoms with Crippen molar-refractivity contribution in [2.45, 2.75) is 19.4 Å². The van der Waals surface area contributed by atoms with Gasteiger partial charge in [-0.25, -0.2) is 0 Å². The molecule has 0 atom stereocenters. The fourth-order valence-corrected chi connectivity index (χ4v) is 3.30. The summed E-state index contributed by atoms with van der Waals surface area (Å²) in [5.74, 6) is 0.0527. The smallest absolute Gasteiger partial charge is 0.172 e. The fraction of sp³-hybridized carbons (Fsp3) is 0.208. The number of rotatable bonds is 3. The molecular weight excluding hydrogens is 360 g/mol. The minimum absolute atomic E-state index is 0.0527. The van der Waals surface area contributed by atoms with Gasteiger partial charge in [-0.3, -0.25) is 0 Å². The standard InChI is InChI=1S/C24H20N4O/c1-24(2)22(21(15-27)23(29-24)19(13-25)14-26)10-6-16-5-7-18-12-20(28(3)4)9-8-17(18)11-16/h5-12H,1-4H3/b10-6+. The molecule has 5 nitrogen and oxygen atoms in total. The second kappa shape index (κ2) is 7.55. The van der Waals surface area contributed by atoms with Crippen LogP contribution in [0.15, 0.2) is 65.0 Å². The van der Waals surface area contributed by atoms with Crippen LogP contribution in [-0.2, 0) is 4.74 Å². The monoisotopic (exact) mass is 380 g/mol. The quantitative estimate of drug-likeness (QED) is 0.711. The van der Waals surface area contributed by atoms with Crippen molar-refractivity contribution in [2.75, 3.05) is 19.0 Å². The van der Waals surface area contributed by atoms with Gasteiger partial charge in [0.1, 0.15) is 29.4 Å². The van der Waals surface area contributed by atoms with Gasteiger partial charge in [0, 0.05) is 25.4 Å². The lowest BCUT2D eigenvalue weighted by molar-refractivity contribution is 0.0954. The summed E-state index contributed by atoms with van der Waals surface area (Å²) in [4.78, 5) is 2.06. The van der Waals surface area contributed by atoms with E-state index in [1.165, 1.54) is 0 Å². The molecule has 1 heterocycles. The second-order valence-electron chi connectivity index (χ2n) is 7.46. The lowest BCUT2D eigenvalue weighted by Crippen LogP contribution is -2.20. The summed E-state index contributed by atoms with van der Waals surface area (Å²) in [5, 5.41) is 30.2. The van der Waals surface area contributed by atoms with E-state index >= 15 is 0 Å². The Balaban J connectivity index is 2.04. The zero-order chi connectivity index (χ0) is 21.2. The zero-order valence-electron chi connectivity index (χ0n) is 16.8.